The molecular formula is C23H25ClN4O3. The first-order valence-electron chi connectivity index (χ1n) is 10.4. The highest BCUT2D eigenvalue weighted by molar-refractivity contribution is 6.49. The molecule has 2 aromatic rings. The van der Waals surface area contributed by atoms with Gasteiger partial charge in [-0.15, -0.1) is 0 Å². The van der Waals surface area contributed by atoms with E-state index in [2.05, 4.69) is 15.5 Å². The molecule has 31 heavy (non-hydrogen) atoms. The van der Waals surface area contributed by atoms with E-state index in [1.165, 1.54) is 0 Å². The SMILES string of the molecule is Cc1cc(Cl)cnc1N(C(=O)c1ccc(C2=NOC(C)(C)C2=O)cc1)[C@@H]1CCCNC1. The molecule has 162 valence electrons. The number of benzene rings is 1. The number of aromatic nitrogens is 1. The van der Waals surface area contributed by atoms with Crippen LogP contribution in [0.25, 0.3) is 0 Å². The predicted molar refractivity (Wildman–Crippen MR) is 120 cm³/mol. The molecule has 2 aliphatic heterocycles. The number of ketones is 1. The molecule has 3 heterocycles. The molecule has 0 aliphatic carbocycles. The molecule has 0 radical (unpaired) electrons. The number of carbonyl (C=O) groups is 2. The summed E-state index contributed by atoms with van der Waals surface area (Å²) in [5.74, 6) is 0.287. The van der Waals surface area contributed by atoms with Crippen LogP contribution >= 0.6 is 11.6 Å². The van der Waals surface area contributed by atoms with Crippen molar-refractivity contribution in [2.45, 2.75) is 45.3 Å². The van der Waals surface area contributed by atoms with Crippen LogP contribution < -0.4 is 10.2 Å². The Bertz CT molecular complexity index is 1040. The summed E-state index contributed by atoms with van der Waals surface area (Å²) in [6, 6.07) is 8.70. The van der Waals surface area contributed by atoms with Crippen LogP contribution in [0.5, 0.6) is 0 Å². The number of amides is 1. The minimum atomic E-state index is -0.966. The fourth-order valence-electron chi connectivity index (χ4n) is 3.90. The number of Topliss-reactive ketones (excluding diaryl/α,β-unsaturated/α-hetero) is 1. The monoisotopic (exact) mass is 440 g/mol. The second kappa shape index (κ2) is 8.40. The third-order valence-corrected chi connectivity index (χ3v) is 5.84. The van der Waals surface area contributed by atoms with E-state index in [1.54, 1.807) is 49.2 Å². The van der Waals surface area contributed by atoms with E-state index < -0.39 is 5.60 Å². The van der Waals surface area contributed by atoms with Crippen LogP contribution in [0.15, 0.2) is 41.7 Å². The maximum atomic E-state index is 13.6. The Labute approximate surface area is 186 Å². The lowest BCUT2D eigenvalue weighted by atomic mass is 9.95. The molecule has 4 rings (SSSR count). The van der Waals surface area contributed by atoms with Crippen molar-refractivity contribution in [3.8, 4) is 0 Å². The van der Waals surface area contributed by atoms with Gasteiger partial charge in [0, 0.05) is 23.9 Å². The number of aryl methyl sites for hydroxylation is 1. The minimum absolute atomic E-state index is 0.0108. The Morgan fingerprint density at radius 2 is 2.03 bits per heavy atom. The lowest BCUT2D eigenvalue weighted by Gasteiger charge is -2.35. The second-order valence-corrected chi connectivity index (χ2v) is 8.85. The van der Waals surface area contributed by atoms with Crippen LogP contribution in [-0.2, 0) is 9.63 Å². The van der Waals surface area contributed by atoms with Crippen molar-refractivity contribution < 1.29 is 14.4 Å². The zero-order valence-corrected chi connectivity index (χ0v) is 18.6. The second-order valence-electron chi connectivity index (χ2n) is 8.42. The number of hydrogen-bond donors (Lipinski definition) is 1. The van der Waals surface area contributed by atoms with Gasteiger partial charge in [-0.3, -0.25) is 14.5 Å². The first-order valence-corrected chi connectivity index (χ1v) is 10.7. The van der Waals surface area contributed by atoms with Gasteiger partial charge in [0.2, 0.25) is 5.78 Å². The maximum Gasteiger partial charge on any atom is 0.259 e. The van der Waals surface area contributed by atoms with Gasteiger partial charge in [-0.1, -0.05) is 28.9 Å². The van der Waals surface area contributed by atoms with Gasteiger partial charge >= 0.3 is 0 Å². The smallest absolute Gasteiger partial charge is 0.259 e. The van der Waals surface area contributed by atoms with Gasteiger partial charge < -0.3 is 10.2 Å². The standard InChI is InChI=1S/C23H25ClN4O3/c1-14-11-17(24)12-26-21(14)28(18-5-4-10-25-13-18)22(30)16-8-6-15(7-9-16)19-20(29)23(2,3)31-27-19/h6-9,11-12,18,25H,4-5,10,13H2,1-3H3/t18-/m1/s1. The summed E-state index contributed by atoms with van der Waals surface area (Å²) in [6.07, 6.45) is 3.44. The zero-order chi connectivity index (χ0) is 22.2. The molecule has 1 saturated heterocycles. The Hall–Kier alpha value is -2.77. The number of piperidine rings is 1. The van der Waals surface area contributed by atoms with Crippen molar-refractivity contribution in [3.63, 3.8) is 0 Å². The quantitative estimate of drug-likeness (QED) is 0.786. The van der Waals surface area contributed by atoms with E-state index in [0.29, 0.717) is 28.5 Å². The lowest BCUT2D eigenvalue weighted by Crippen LogP contribution is -2.49. The van der Waals surface area contributed by atoms with Crippen LogP contribution in [0.2, 0.25) is 5.02 Å². The fraction of sp³-hybridized carbons (Fsp3) is 0.391. The van der Waals surface area contributed by atoms with Crippen molar-refractivity contribution >= 4 is 34.8 Å². The summed E-state index contributed by atoms with van der Waals surface area (Å²) in [4.78, 5) is 37.5. The molecule has 2 aliphatic rings. The number of nitrogens with one attached hydrogen (secondary N) is 1. The molecule has 8 heteroatoms. The fourth-order valence-corrected chi connectivity index (χ4v) is 4.11. The molecular weight excluding hydrogens is 416 g/mol. The van der Waals surface area contributed by atoms with Crippen molar-refractivity contribution in [1.29, 1.82) is 0 Å². The average Bonchev–Trinajstić information content (AvgIpc) is 3.03. The van der Waals surface area contributed by atoms with Crippen molar-refractivity contribution in [3.05, 3.63) is 58.2 Å². The molecule has 0 bridgehead atoms. The van der Waals surface area contributed by atoms with E-state index in [9.17, 15) is 9.59 Å². The highest BCUT2D eigenvalue weighted by atomic mass is 35.5. The number of hydrogen-bond acceptors (Lipinski definition) is 6. The summed E-state index contributed by atoms with van der Waals surface area (Å²) >= 11 is 6.09. The molecule has 7 nitrogen and oxygen atoms in total. The Morgan fingerprint density at radius 1 is 1.29 bits per heavy atom. The number of pyridine rings is 1. The third kappa shape index (κ3) is 4.20. The number of carbonyl (C=O) groups excluding carboxylic acids is 2. The highest BCUT2D eigenvalue weighted by Crippen LogP contribution is 2.27. The van der Waals surface area contributed by atoms with E-state index >= 15 is 0 Å². The zero-order valence-electron chi connectivity index (χ0n) is 17.8. The van der Waals surface area contributed by atoms with Gasteiger partial charge in [-0.05, 0) is 63.9 Å². The van der Waals surface area contributed by atoms with Crippen LogP contribution in [-0.4, -0.2) is 47.1 Å². The molecule has 1 atom stereocenters. The van der Waals surface area contributed by atoms with Gasteiger partial charge in [0.05, 0.1) is 11.1 Å². The number of oxime groups is 1. The van der Waals surface area contributed by atoms with Crippen LogP contribution in [0.1, 0.15) is 48.2 Å². The van der Waals surface area contributed by atoms with Gasteiger partial charge in [-0.2, -0.15) is 0 Å². The highest BCUT2D eigenvalue weighted by Gasteiger charge is 2.40. The molecule has 0 saturated carbocycles. The summed E-state index contributed by atoms with van der Waals surface area (Å²) in [5.41, 5.74) is 1.28. The van der Waals surface area contributed by atoms with E-state index in [-0.39, 0.29) is 23.4 Å². The van der Waals surface area contributed by atoms with Crippen LogP contribution in [0.3, 0.4) is 0 Å². The van der Waals surface area contributed by atoms with E-state index in [1.807, 2.05) is 13.0 Å². The molecule has 1 aromatic heterocycles. The van der Waals surface area contributed by atoms with Gasteiger partial charge in [0.25, 0.3) is 5.91 Å². The molecule has 0 spiro atoms. The van der Waals surface area contributed by atoms with Crippen molar-refractivity contribution in [1.82, 2.24) is 10.3 Å². The topological polar surface area (TPSA) is 83.9 Å². The van der Waals surface area contributed by atoms with E-state index in [4.69, 9.17) is 16.4 Å². The first-order chi connectivity index (χ1) is 14.8. The first kappa shape index (κ1) is 21.5. The summed E-state index contributed by atoms with van der Waals surface area (Å²) in [7, 11) is 0. The number of rotatable bonds is 4. The summed E-state index contributed by atoms with van der Waals surface area (Å²) in [5, 5.41) is 7.83. The Balaban J connectivity index is 1.65. The molecule has 1 fully saturated rings. The average molecular weight is 441 g/mol. The molecule has 1 amide bonds. The van der Waals surface area contributed by atoms with Gasteiger partial charge in [0.15, 0.2) is 11.3 Å². The number of nitrogens with zero attached hydrogens (tertiary/aromatic N) is 3. The minimum Gasteiger partial charge on any atom is -0.381 e. The lowest BCUT2D eigenvalue weighted by molar-refractivity contribution is -0.128. The molecule has 1 aromatic carbocycles. The normalized spacial score (nSPS) is 20.2. The number of anilines is 1. The summed E-state index contributed by atoms with van der Waals surface area (Å²) in [6.45, 7) is 6.90. The number of halogens is 1. The maximum absolute atomic E-state index is 13.6. The van der Waals surface area contributed by atoms with Crippen molar-refractivity contribution in [2.24, 2.45) is 5.16 Å². The Morgan fingerprint density at radius 3 is 2.61 bits per heavy atom. The van der Waals surface area contributed by atoms with Crippen LogP contribution in [0, 0.1) is 6.92 Å². The van der Waals surface area contributed by atoms with Gasteiger partial charge in [0.1, 0.15) is 5.82 Å². The van der Waals surface area contributed by atoms with E-state index in [0.717, 1.165) is 24.9 Å². The molecule has 0 unspecified atom stereocenters. The van der Waals surface area contributed by atoms with Crippen molar-refractivity contribution in [2.75, 3.05) is 18.0 Å². The largest absolute Gasteiger partial charge is 0.381 e. The Kier molecular flexibility index (Phi) is 5.81. The predicted octanol–water partition coefficient (Wildman–Crippen LogP) is 3.52. The molecule has 1 N–H and O–H groups in total. The van der Waals surface area contributed by atoms with Gasteiger partial charge in [-0.25, -0.2) is 4.98 Å². The summed E-state index contributed by atoms with van der Waals surface area (Å²) < 4.78 is 0. The third-order valence-electron chi connectivity index (χ3n) is 5.63. The van der Waals surface area contributed by atoms with Crippen LogP contribution in [0.4, 0.5) is 5.82 Å².